The van der Waals surface area contributed by atoms with Gasteiger partial charge in [0.15, 0.2) is 18.2 Å². The zero-order chi connectivity index (χ0) is 33.6. The van der Waals surface area contributed by atoms with Gasteiger partial charge in [0.25, 0.3) is 29.2 Å². The summed E-state index contributed by atoms with van der Waals surface area (Å²) >= 11 is 6.44. The van der Waals surface area contributed by atoms with Crippen LogP contribution >= 0.6 is 11.6 Å². The maximum Gasteiger partial charge on any atom is 0.293 e. The Morgan fingerprint density at radius 2 is 1.79 bits per heavy atom. The third-order valence-corrected chi connectivity index (χ3v) is 8.80. The molecule has 2 aromatic heterocycles. The van der Waals surface area contributed by atoms with Crippen molar-refractivity contribution in [1.29, 1.82) is 0 Å². The predicted octanol–water partition coefficient (Wildman–Crippen LogP) is 3.85. The first kappa shape index (κ1) is 31.9. The first-order valence-electron chi connectivity index (χ1n) is 14.7. The number of pyridine rings is 1. The Balaban J connectivity index is 1.24. The van der Waals surface area contributed by atoms with E-state index in [1.165, 1.54) is 42.9 Å². The van der Waals surface area contributed by atoms with Gasteiger partial charge in [-0.25, -0.2) is 13.8 Å². The molecule has 0 bridgehead atoms. The maximum absolute atomic E-state index is 15.5. The van der Waals surface area contributed by atoms with Crippen LogP contribution in [0.3, 0.4) is 0 Å². The number of benzene rings is 2. The van der Waals surface area contributed by atoms with Crippen molar-refractivity contribution in [3.63, 3.8) is 0 Å². The summed E-state index contributed by atoms with van der Waals surface area (Å²) in [5.41, 5.74) is 1.13. The number of aryl methyl sites for hydroxylation is 1. The highest BCUT2D eigenvalue weighted by molar-refractivity contribution is 6.33. The SMILES string of the molecule is CNC(=O)COc1cc2cc(Nc3nc(N4C[C@H](CN5C(=O)c6ccccc6C5=O)C(F)(F)[C@H](C)C4)ncc3Cl)ccc2n(C)c1=O. The average Bonchev–Trinajstić information content (AvgIpc) is 3.29. The molecule has 0 unspecified atom stereocenters. The number of nitrogens with one attached hydrogen (secondary N) is 2. The molecule has 244 valence electrons. The van der Waals surface area contributed by atoms with Gasteiger partial charge in [-0.3, -0.25) is 24.1 Å². The summed E-state index contributed by atoms with van der Waals surface area (Å²) in [6.45, 7) is 0.331. The number of carbonyl (C=O) groups is 3. The van der Waals surface area contributed by atoms with Crippen molar-refractivity contribution < 1.29 is 27.9 Å². The van der Waals surface area contributed by atoms with Crippen molar-refractivity contribution in [1.82, 2.24) is 24.8 Å². The fraction of sp³-hybridized carbons (Fsp3) is 0.312. The number of nitrogens with zero attached hydrogens (tertiary/aromatic N) is 5. The average molecular weight is 666 g/mol. The molecule has 2 aliphatic rings. The molecule has 0 radical (unpaired) electrons. The van der Waals surface area contributed by atoms with E-state index < -0.39 is 47.6 Å². The highest BCUT2D eigenvalue weighted by Gasteiger charge is 2.52. The van der Waals surface area contributed by atoms with Crippen molar-refractivity contribution in [3.05, 3.63) is 81.2 Å². The molecule has 47 heavy (non-hydrogen) atoms. The molecule has 15 heteroatoms. The van der Waals surface area contributed by atoms with Crippen LogP contribution in [-0.4, -0.2) is 76.4 Å². The van der Waals surface area contributed by atoms with Gasteiger partial charge in [-0.1, -0.05) is 30.7 Å². The Morgan fingerprint density at radius 3 is 2.47 bits per heavy atom. The van der Waals surface area contributed by atoms with E-state index in [0.717, 1.165) is 4.90 Å². The number of imide groups is 1. The normalized spacial score (nSPS) is 18.8. The summed E-state index contributed by atoms with van der Waals surface area (Å²) in [6, 6.07) is 13.0. The Labute approximate surface area is 272 Å². The number of alkyl halides is 2. The number of aromatic nitrogens is 3. The maximum atomic E-state index is 15.5. The number of carbonyl (C=O) groups excluding carboxylic acids is 3. The lowest BCUT2D eigenvalue weighted by Gasteiger charge is -2.43. The second-order valence-electron chi connectivity index (χ2n) is 11.5. The zero-order valence-corrected chi connectivity index (χ0v) is 26.3. The molecule has 0 saturated carbocycles. The number of hydrogen-bond donors (Lipinski definition) is 2. The lowest BCUT2D eigenvalue weighted by Crippen LogP contribution is -2.56. The van der Waals surface area contributed by atoms with Crippen molar-refractivity contribution >= 4 is 57.7 Å². The van der Waals surface area contributed by atoms with Gasteiger partial charge >= 0.3 is 0 Å². The van der Waals surface area contributed by atoms with E-state index in [9.17, 15) is 19.2 Å². The molecule has 2 aromatic carbocycles. The second kappa shape index (κ2) is 12.2. The van der Waals surface area contributed by atoms with Crippen LogP contribution in [0.4, 0.5) is 26.2 Å². The van der Waals surface area contributed by atoms with Crippen LogP contribution in [0.2, 0.25) is 5.02 Å². The third kappa shape index (κ3) is 5.84. The van der Waals surface area contributed by atoms with Gasteiger partial charge in [0.2, 0.25) is 5.95 Å². The van der Waals surface area contributed by atoms with Gasteiger partial charge in [-0.15, -0.1) is 0 Å². The molecule has 1 fully saturated rings. The van der Waals surface area contributed by atoms with Gasteiger partial charge in [-0.05, 0) is 36.4 Å². The number of hydrogen-bond acceptors (Lipinski definition) is 9. The highest BCUT2D eigenvalue weighted by Crippen LogP contribution is 2.40. The minimum Gasteiger partial charge on any atom is -0.478 e. The quantitative estimate of drug-likeness (QED) is 0.269. The molecule has 0 aliphatic carbocycles. The van der Waals surface area contributed by atoms with Crippen LogP contribution < -0.4 is 25.8 Å². The van der Waals surface area contributed by atoms with E-state index in [4.69, 9.17) is 16.3 Å². The number of ether oxygens (including phenoxy) is 1. The molecule has 3 amide bonds. The Morgan fingerprint density at radius 1 is 1.09 bits per heavy atom. The smallest absolute Gasteiger partial charge is 0.293 e. The van der Waals surface area contributed by atoms with Crippen LogP contribution in [0.1, 0.15) is 27.6 Å². The molecular formula is C32H30ClF2N7O5. The standard InChI is InChI=1S/C32H30ClF2N7O5/c1-17-13-41(14-19(32(17,34)35)15-42-28(44)21-6-4-5-7-22(21)29(42)45)31-37-12-23(33)27(39-31)38-20-8-9-24-18(10-20)11-25(30(46)40(24)3)47-16-26(43)36-2/h4-12,17,19H,13-16H2,1-3H3,(H,36,43)(H,37,38,39)/t17-,19-/m1/s1. The molecule has 4 aromatic rings. The fourth-order valence-corrected chi connectivity index (χ4v) is 6.01. The second-order valence-corrected chi connectivity index (χ2v) is 12.0. The van der Waals surface area contributed by atoms with E-state index in [0.29, 0.717) is 16.6 Å². The molecule has 2 atom stereocenters. The van der Waals surface area contributed by atoms with Gasteiger partial charge in [0.1, 0.15) is 5.02 Å². The summed E-state index contributed by atoms with van der Waals surface area (Å²) in [6.07, 6.45) is 1.36. The molecule has 1 saturated heterocycles. The lowest BCUT2D eigenvalue weighted by molar-refractivity contribution is -0.122. The highest BCUT2D eigenvalue weighted by atomic mass is 35.5. The molecule has 2 N–H and O–H groups in total. The Kier molecular flexibility index (Phi) is 8.30. The molecule has 12 nitrogen and oxygen atoms in total. The Bertz CT molecular complexity index is 1950. The fourth-order valence-electron chi connectivity index (χ4n) is 5.87. The summed E-state index contributed by atoms with van der Waals surface area (Å²) in [5, 5.41) is 6.35. The lowest BCUT2D eigenvalue weighted by atomic mass is 9.85. The van der Waals surface area contributed by atoms with Crippen LogP contribution in [0, 0.1) is 11.8 Å². The molecule has 2 aliphatic heterocycles. The van der Waals surface area contributed by atoms with Crippen LogP contribution in [0.15, 0.2) is 59.5 Å². The van der Waals surface area contributed by atoms with Crippen LogP contribution in [0.5, 0.6) is 5.75 Å². The number of piperidine rings is 1. The number of halogens is 3. The molecule has 6 rings (SSSR count). The zero-order valence-electron chi connectivity index (χ0n) is 25.6. The molecule has 4 heterocycles. The minimum atomic E-state index is -3.17. The van der Waals surface area contributed by atoms with E-state index in [1.807, 2.05) is 0 Å². The topological polar surface area (TPSA) is 139 Å². The van der Waals surface area contributed by atoms with E-state index in [-0.39, 0.29) is 53.4 Å². The van der Waals surface area contributed by atoms with E-state index >= 15 is 8.78 Å². The van der Waals surface area contributed by atoms with Gasteiger partial charge < -0.3 is 24.8 Å². The predicted molar refractivity (Wildman–Crippen MR) is 171 cm³/mol. The summed E-state index contributed by atoms with van der Waals surface area (Å²) in [7, 11) is 3.05. The van der Waals surface area contributed by atoms with Crippen LogP contribution in [0.25, 0.3) is 10.9 Å². The van der Waals surface area contributed by atoms with Crippen molar-refractivity contribution in [3.8, 4) is 5.75 Å². The minimum absolute atomic E-state index is 0.00473. The number of anilines is 3. The number of amides is 3. The van der Waals surface area contributed by atoms with E-state index in [1.54, 1.807) is 42.3 Å². The largest absolute Gasteiger partial charge is 0.478 e. The summed E-state index contributed by atoms with van der Waals surface area (Å²) < 4.78 is 37.9. The molecular weight excluding hydrogens is 636 g/mol. The van der Waals surface area contributed by atoms with Crippen LogP contribution in [-0.2, 0) is 11.8 Å². The number of rotatable bonds is 8. The third-order valence-electron chi connectivity index (χ3n) is 8.52. The van der Waals surface area contributed by atoms with Crippen molar-refractivity contribution in [2.24, 2.45) is 18.9 Å². The van der Waals surface area contributed by atoms with Gasteiger partial charge in [0.05, 0.1) is 28.8 Å². The Hall–Kier alpha value is -5.11. The number of likely N-dealkylation sites (N-methyl/N-ethyl adjacent to an activating group) is 1. The number of fused-ring (bicyclic) bond motifs is 2. The first-order chi connectivity index (χ1) is 22.4. The monoisotopic (exact) mass is 665 g/mol. The van der Waals surface area contributed by atoms with Crippen molar-refractivity contribution in [2.75, 3.05) is 43.5 Å². The van der Waals surface area contributed by atoms with Gasteiger partial charge in [-0.2, -0.15) is 4.98 Å². The van der Waals surface area contributed by atoms with Gasteiger partial charge in [0, 0.05) is 50.7 Å². The molecule has 0 spiro atoms. The first-order valence-corrected chi connectivity index (χ1v) is 15.1. The van der Waals surface area contributed by atoms with Crippen molar-refractivity contribution in [2.45, 2.75) is 12.8 Å². The van der Waals surface area contributed by atoms with E-state index in [2.05, 4.69) is 20.6 Å². The summed E-state index contributed by atoms with van der Waals surface area (Å²) in [4.78, 5) is 61.6. The summed E-state index contributed by atoms with van der Waals surface area (Å²) in [5.74, 6) is -6.93.